The monoisotopic (exact) mass is 336 g/mol. The lowest BCUT2D eigenvalue weighted by Gasteiger charge is -2.18. The molecule has 1 aromatic rings. The summed E-state index contributed by atoms with van der Waals surface area (Å²) < 4.78 is 41.8. The Morgan fingerprint density at radius 1 is 1.30 bits per heavy atom. The summed E-state index contributed by atoms with van der Waals surface area (Å²) in [7, 11) is 5.33. The van der Waals surface area contributed by atoms with E-state index in [9.17, 15) is 13.2 Å². The summed E-state index contributed by atoms with van der Waals surface area (Å²) in [6.07, 6.45) is -7.29. The lowest BCUT2D eigenvalue weighted by Crippen LogP contribution is -2.21. The third-order valence-corrected chi connectivity index (χ3v) is 2.86. The fourth-order valence-corrected chi connectivity index (χ4v) is 1.29. The van der Waals surface area contributed by atoms with Crippen LogP contribution in [0.2, 0.25) is 0 Å². The molecule has 0 amide bonds. The van der Waals surface area contributed by atoms with Crippen molar-refractivity contribution in [3.8, 4) is 5.75 Å². The number of rotatable bonds is 3. The smallest absolute Gasteiger partial charge is 0.418 e. The van der Waals surface area contributed by atoms with Gasteiger partial charge >= 0.3 is 6.18 Å². The second-order valence-electron chi connectivity index (χ2n) is 4.79. The van der Waals surface area contributed by atoms with Crippen LogP contribution in [0.5, 0.6) is 5.75 Å². The van der Waals surface area contributed by atoms with Crippen molar-refractivity contribution in [1.29, 1.82) is 0 Å². The van der Waals surface area contributed by atoms with Gasteiger partial charge in [-0.1, -0.05) is 6.92 Å². The van der Waals surface area contributed by atoms with Crippen LogP contribution >= 0.6 is 0 Å². The van der Waals surface area contributed by atoms with Crippen molar-refractivity contribution in [1.82, 2.24) is 4.90 Å². The maximum Gasteiger partial charge on any atom is 0.418 e. The molecule has 0 spiro atoms. The number of nitrogens with zero attached hydrogens (tertiary/aromatic N) is 1. The second-order valence-corrected chi connectivity index (χ2v) is 4.79. The van der Waals surface area contributed by atoms with Crippen molar-refractivity contribution in [3.05, 3.63) is 36.4 Å². The SMILES string of the molecule is C=C.CCN(C)C.COc1cc(N)c(C)cc1C(O)C(F)(F)F. The van der Waals surface area contributed by atoms with Gasteiger partial charge in [-0.3, -0.25) is 0 Å². The molecule has 1 aromatic carbocycles. The van der Waals surface area contributed by atoms with Crippen molar-refractivity contribution in [2.75, 3.05) is 33.5 Å². The van der Waals surface area contributed by atoms with Gasteiger partial charge < -0.3 is 20.5 Å². The molecule has 23 heavy (non-hydrogen) atoms. The zero-order valence-corrected chi connectivity index (χ0v) is 14.4. The Morgan fingerprint density at radius 3 is 2.04 bits per heavy atom. The molecule has 1 atom stereocenters. The zero-order chi connectivity index (χ0) is 18.8. The zero-order valence-electron chi connectivity index (χ0n) is 14.4. The van der Waals surface area contributed by atoms with Crippen LogP contribution in [0, 0.1) is 6.92 Å². The number of aliphatic hydroxyl groups is 1. The van der Waals surface area contributed by atoms with E-state index >= 15 is 0 Å². The average Bonchev–Trinajstić information content (AvgIpc) is 2.50. The maximum atomic E-state index is 12.3. The lowest BCUT2D eigenvalue weighted by molar-refractivity contribution is -0.207. The summed E-state index contributed by atoms with van der Waals surface area (Å²) in [4.78, 5) is 2.12. The van der Waals surface area contributed by atoms with Crippen molar-refractivity contribution >= 4 is 5.69 Å². The molecule has 3 N–H and O–H groups in total. The van der Waals surface area contributed by atoms with E-state index in [-0.39, 0.29) is 11.3 Å². The minimum absolute atomic E-state index is 0.0760. The third-order valence-electron chi connectivity index (χ3n) is 2.86. The molecule has 4 nitrogen and oxygen atoms in total. The summed E-state index contributed by atoms with van der Waals surface area (Å²) in [6, 6.07) is 2.44. The van der Waals surface area contributed by atoms with Crippen molar-refractivity contribution in [2.45, 2.75) is 26.1 Å². The summed E-state index contributed by atoms with van der Waals surface area (Å²) in [6.45, 7) is 10.8. The van der Waals surface area contributed by atoms with E-state index in [2.05, 4.69) is 39.1 Å². The Bertz CT molecular complexity index is 463. The first kappa shape index (κ1) is 23.5. The minimum atomic E-state index is -4.73. The molecule has 0 heterocycles. The number of benzene rings is 1. The molecule has 0 radical (unpaired) electrons. The number of aryl methyl sites for hydroxylation is 1. The Kier molecular flexibility index (Phi) is 11.2. The van der Waals surface area contributed by atoms with Crippen molar-refractivity contribution in [2.24, 2.45) is 0 Å². The van der Waals surface area contributed by atoms with E-state index in [4.69, 9.17) is 15.6 Å². The van der Waals surface area contributed by atoms with Gasteiger partial charge in [0.15, 0.2) is 6.10 Å². The fourth-order valence-electron chi connectivity index (χ4n) is 1.29. The number of ether oxygens (including phenoxy) is 1. The molecule has 1 rings (SSSR count). The van der Waals surface area contributed by atoms with E-state index in [1.165, 1.54) is 19.2 Å². The van der Waals surface area contributed by atoms with Crippen LogP contribution in [0.4, 0.5) is 18.9 Å². The highest BCUT2D eigenvalue weighted by molar-refractivity contribution is 5.55. The van der Waals surface area contributed by atoms with Crippen LogP contribution in [0.1, 0.15) is 24.2 Å². The highest BCUT2D eigenvalue weighted by Gasteiger charge is 2.41. The number of aliphatic hydroxyl groups excluding tert-OH is 1. The molecule has 0 saturated heterocycles. The van der Waals surface area contributed by atoms with Crippen LogP contribution in [-0.4, -0.2) is 43.9 Å². The van der Waals surface area contributed by atoms with Crippen LogP contribution in [0.3, 0.4) is 0 Å². The average molecular weight is 336 g/mol. The molecular formula is C16H27F3N2O2. The number of hydrogen-bond donors (Lipinski definition) is 2. The summed E-state index contributed by atoms with van der Waals surface area (Å²) in [5.74, 6) is -0.0760. The topological polar surface area (TPSA) is 58.7 Å². The lowest BCUT2D eigenvalue weighted by atomic mass is 10.0. The Hall–Kier alpha value is -1.73. The van der Waals surface area contributed by atoms with Gasteiger partial charge in [0.05, 0.1) is 7.11 Å². The predicted molar refractivity (Wildman–Crippen MR) is 88.6 cm³/mol. The number of methoxy groups -OCH3 is 1. The van der Waals surface area contributed by atoms with Gasteiger partial charge in [-0.05, 0) is 39.2 Å². The Balaban J connectivity index is 0. The number of hydrogen-bond acceptors (Lipinski definition) is 4. The summed E-state index contributed by atoms with van der Waals surface area (Å²) >= 11 is 0. The van der Waals surface area contributed by atoms with E-state index in [1.807, 2.05) is 0 Å². The van der Waals surface area contributed by atoms with Gasteiger partial charge in [0.1, 0.15) is 5.75 Å². The number of alkyl halides is 3. The highest BCUT2D eigenvalue weighted by Crippen LogP contribution is 2.38. The molecule has 0 aliphatic carbocycles. The quantitative estimate of drug-likeness (QED) is 0.655. The molecule has 0 fully saturated rings. The first-order valence-electron chi connectivity index (χ1n) is 6.88. The van der Waals surface area contributed by atoms with E-state index in [0.717, 1.165) is 6.54 Å². The second kappa shape index (κ2) is 10.9. The van der Waals surface area contributed by atoms with Crippen LogP contribution < -0.4 is 10.5 Å². The van der Waals surface area contributed by atoms with Crippen molar-refractivity contribution in [3.63, 3.8) is 0 Å². The number of nitrogens with two attached hydrogens (primary N) is 1. The van der Waals surface area contributed by atoms with Gasteiger partial charge in [-0.25, -0.2) is 0 Å². The minimum Gasteiger partial charge on any atom is -0.496 e. The molecule has 1 unspecified atom stereocenters. The molecule has 0 aliphatic heterocycles. The largest absolute Gasteiger partial charge is 0.496 e. The molecule has 0 aliphatic rings. The molecule has 134 valence electrons. The summed E-state index contributed by atoms with van der Waals surface area (Å²) in [5.41, 5.74) is 5.97. The first-order valence-corrected chi connectivity index (χ1v) is 6.88. The number of halogens is 3. The van der Waals surface area contributed by atoms with Gasteiger partial charge in [0.2, 0.25) is 0 Å². The highest BCUT2D eigenvalue weighted by atomic mass is 19.4. The van der Waals surface area contributed by atoms with Crippen molar-refractivity contribution < 1.29 is 23.0 Å². The number of nitrogen functional groups attached to an aromatic ring is 1. The molecule has 0 aromatic heterocycles. The maximum absolute atomic E-state index is 12.3. The molecule has 0 bridgehead atoms. The number of anilines is 1. The van der Waals surface area contributed by atoms with Crippen LogP contribution in [0.15, 0.2) is 25.3 Å². The molecular weight excluding hydrogens is 309 g/mol. The van der Waals surface area contributed by atoms with E-state index in [0.29, 0.717) is 11.3 Å². The van der Waals surface area contributed by atoms with E-state index in [1.54, 1.807) is 6.92 Å². The van der Waals surface area contributed by atoms with Crippen LogP contribution in [0.25, 0.3) is 0 Å². The van der Waals surface area contributed by atoms with Gasteiger partial charge in [-0.15, -0.1) is 13.2 Å². The normalized spacial score (nSPS) is 11.7. The summed E-state index contributed by atoms with van der Waals surface area (Å²) in [5, 5.41) is 9.14. The first-order chi connectivity index (χ1) is 10.5. The molecule has 0 saturated carbocycles. The third kappa shape index (κ3) is 8.47. The molecule has 7 heteroatoms. The standard InChI is InChI=1S/C10H12F3NO2.C4H11N.C2H4/c1-5-3-6(9(15)10(11,12)13)8(16-2)4-7(5)14;1-4-5(2)3;1-2/h3-4,9,15H,14H2,1-2H3;4H2,1-3H3;1-2H2. The van der Waals surface area contributed by atoms with E-state index < -0.39 is 12.3 Å². The van der Waals surface area contributed by atoms with Gasteiger partial charge in [-0.2, -0.15) is 13.2 Å². The predicted octanol–water partition coefficient (Wildman–Crippen LogP) is 3.55. The Morgan fingerprint density at radius 2 is 1.74 bits per heavy atom. The Labute approximate surface area is 136 Å². The van der Waals surface area contributed by atoms with Crippen LogP contribution in [-0.2, 0) is 0 Å². The van der Waals surface area contributed by atoms with Gasteiger partial charge in [0, 0.05) is 17.3 Å². The fraction of sp³-hybridized carbons (Fsp3) is 0.500. The van der Waals surface area contributed by atoms with Gasteiger partial charge in [0.25, 0.3) is 0 Å².